The molecule has 0 amide bonds. The zero-order valence-corrected chi connectivity index (χ0v) is 20.2. The predicted molar refractivity (Wildman–Crippen MR) is 125 cm³/mol. The minimum absolute atomic E-state index is 0. The molecule has 0 N–H and O–H groups in total. The van der Waals surface area contributed by atoms with Gasteiger partial charge in [0, 0.05) is 12.4 Å². The van der Waals surface area contributed by atoms with Gasteiger partial charge in [-0.1, -0.05) is 83.6 Å². The summed E-state index contributed by atoms with van der Waals surface area (Å²) in [5.74, 6) is 0. The van der Waals surface area contributed by atoms with Gasteiger partial charge in [0.05, 0.1) is 0 Å². The molecule has 0 saturated heterocycles. The van der Waals surface area contributed by atoms with Crippen LogP contribution in [0.2, 0.25) is 0 Å². The summed E-state index contributed by atoms with van der Waals surface area (Å²) in [4.78, 5) is 6.07. The van der Waals surface area contributed by atoms with E-state index in [2.05, 4.69) is 30.9 Å². The summed E-state index contributed by atoms with van der Waals surface area (Å²) in [5, 5.41) is 0. The molecule has 0 aromatic carbocycles. The van der Waals surface area contributed by atoms with Crippen LogP contribution in [-0.4, -0.2) is 30.5 Å². The Hall–Kier alpha value is 0.0700. The standard InChI is InChI=1S/C16H35N.C5H5N.2BrH/c1-4-5-6-7-8-9-10-11-12-13-14-15-16-17(2)3;1-2-4-6-5-3-1;;/h4-16H2,1-3H3;1-5H;2*1H. The maximum Gasteiger partial charge on any atom is 0.0267 e. The maximum absolute atomic E-state index is 3.78. The van der Waals surface area contributed by atoms with Crippen LogP contribution in [0.4, 0.5) is 0 Å². The number of halogens is 2. The summed E-state index contributed by atoms with van der Waals surface area (Å²) in [5.41, 5.74) is 0. The van der Waals surface area contributed by atoms with Gasteiger partial charge in [-0.05, 0) is 39.2 Å². The molecule has 0 aliphatic rings. The summed E-state index contributed by atoms with van der Waals surface area (Å²) in [6, 6.07) is 5.72. The molecule has 0 saturated carbocycles. The first-order valence-electron chi connectivity index (χ1n) is 9.77. The molecule has 0 atom stereocenters. The van der Waals surface area contributed by atoms with Crippen LogP contribution in [0.3, 0.4) is 0 Å². The zero-order chi connectivity index (χ0) is 17.0. The number of unbranched alkanes of at least 4 members (excludes halogenated alkanes) is 11. The van der Waals surface area contributed by atoms with Crippen LogP contribution < -0.4 is 0 Å². The van der Waals surface area contributed by atoms with Gasteiger partial charge in [0.2, 0.25) is 0 Å². The number of aromatic nitrogens is 1. The Bertz CT molecular complexity index is 281. The second-order valence-electron chi connectivity index (χ2n) is 6.72. The Labute approximate surface area is 178 Å². The molecule has 1 rings (SSSR count). The smallest absolute Gasteiger partial charge is 0.0267 e. The van der Waals surface area contributed by atoms with Crippen molar-refractivity contribution in [2.45, 2.75) is 84.0 Å². The topological polar surface area (TPSA) is 16.1 Å². The number of hydrogen-bond acceptors (Lipinski definition) is 2. The summed E-state index contributed by atoms with van der Waals surface area (Å²) in [6.45, 7) is 3.55. The van der Waals surface area contributed by atoms with Crippen molar-refractivity contribution < 1.29 is 0 Å². The first kappa shape index (κ1) is 29.8. The SMILES string of the molecule is Br.Br.CCCCCCCCCCCCCCN(C)C.c1ccncc1. The number of rotatable bonds is 13. The minimum atomic E-state index is 0. The molecule has 0 aliphatic heterocycles. The molecule has 2 nitrogen and oxygen atoms in total. The van der Waals surface area contributed by atoms with E-state index in [0.717, 1.165) is 0 Å². The molecule has 1 aromatic rings. The van der Waals surface area contributed by atoms with Crippen molar-refractivity contribution >= 4 is 34.0 Å². The van der Waals surface area contributed by atoms with E-state index in [0.29, 0.717) is 0 Å². The van der Waals surface area contributed by atoms with Crippen molar-refractivity contribution in [3.05, 3.63) is 30.6 Å². The van der Waals surface area contributed by atoms with E-state index in [9.17, 15) is 0 Å². The quantitative estimate of drug-likeness (QED) is 0.271. The minimum Gasteiger partial charge on any atom is -0.309 e. The highest BCUT2D eigenvalue weighted by atomic mass is 79.9. The highest BCUT2D eigenvalue weighted by Gasteiger charge is 1.94. The van der Waals surface area contributed by atoms with Gasteiger partial charge in [0.1, 0.15) is 0 Å². The Morgan fingerprint density at radius 1 is 0.600 bits per heavy atom. The molecular formula is C21H42Br2N2. The molecule has 1 aromatic heterocycles. The maximum atomic E-state index is 3.78. The normalized spacial score (nSPS) is 9.60. The van der Waals surface area contributed by atoms with Crippen LogP contribution in [-0.2, 0) is 0 Å². The average Bonchev–Trinajstić information content (AvgIpc) is 2.58. The lowest BCUT2D eigenvalue weighted by atomic mass is 10.1. The van der Waals surface area contributed by atoms with Gasteiger partial charge < -0.3 is 4.90 Å². The molecule has 0 radical (unpaired) electrons. The zero-order valence-electron chi connectivity index (χ0n) is 16.8. The van der Waals surface area contributed by atoms with Crippen LogP contribution in [0.1, 0.15) is 84.0 Å². The fourth-order valence-corrected chi connectivity index (χ4v) is 2.58. The molecule has 0 aliphatic carbocycles. The van der Waals surface area contributed by atoms with Gasteiger partial charge in [0.15, 0.2) is 0 Å². The van der Waals surface area contributed by atoms with Gasteiger partial charge in [-0.15, -0.1) is 34.0 Å². The van der Waals surface area contributed by atoms with Gasteiger partial charge in [-0.25, -0.2) is 0 Å². The van der Waals surface area contributed by atoms with Crippen molar-refractivity contribution in [1.82, 2.24) is 9.88 Å². The lowest BCUT2D eigenvalue weighted by Crippen LogP contribution is -2.12. The van der Waals surface area contributed by atoms with E-state index in [4.69, 9.17) is 0 Å². The van der Waals surface area contributed by atoms with Gasteiger partial charge >= 0.3 is 0 Å². The van der Waals surface area contributed by atoms with Gasteiger partial charge in [-0.2, -0.15) is 0 Å². The average molecular weight is 482 g/mol. The van der Waals surface area contributed by atoms with Crippen molar-refractivity contribution in [2.75, 3.05) is 20.6 Å². The second-order valence-corrected chi connectivity index (χ2v) is 6.72. The van der Waals surface area contributed by atoms with E-state index < -0.39 is 0 Å². The fourth-order valence-electron chi connectivity index (χ4n) is 2.58. The van der Waals surface area contributed by atoms with Crippen LogP contribution >= 0.6 is 34.0 Å². The van der Waals surface area contributed by atoms with Crippen molar-refractivity contribution in [3.63, 3.8) is 0 Å². The molecule has 1 heterocycles. The summed E-state index contributed by atoms with van der Waals surface area (Å²) in [6.07, 6.45) is 20.8. The van der Waals surface area contributed by atoms with Crippen molar-refractivity contribution in [3.8, 4) is 0 Å². The molecule has 0 spiro atoms. The van der Waals surface area contributed by atoms with E-state index in [-0.39, 0.29) is 34.0 Å². The first-order chi connectivity index (χ1) is 11.3. The van der Waals surface area contributed by atoms with E-state index in [1.165, 1.54) is 83.6 Å². The third kappa shape index (κ3) is 29.1. The lowest BCUT2D eigenvalue weighted by molar-refractivity contribution is 0.389. The molecule has 0 fully saturated rings. The summed E-state index contributed by atoms with van der Waals surface area (Å²) in [7, 11) is 4.33. The second kappa shape index (κ2) is 26.3. The predicted octanol–water partition coefficient (Wildman–Crippen LogP) is 7.49. The highest BCUT2D eigenvalue weighted by Crippen LogP contribution is 2.11. The number of pyridine rings is 1. The molecule has 0 bridgehead atoms. The monoisotopic (exact) mass is 480 g/mol. The number of hydrogen-bond donors (Lipinski definition) is 0. The van der Waals surface area contributed by atoms with E-state index >= 15 is 0 Å². The largest absolute Gasteiger partial charge is 0.309 e. The molecule has 150 valence electrons. The third-order valence-corrected chi connectivity index (χ3v) is 4.03. The summed E-state index contributed by atoms with van der Waals surface area (Å²) >= 11 is 0. The summed E-state index contributed by atoms with van der Waals surface area (Å²) < 4.78 is 0. The Morgan fingerprint density at radius 3 is 1.28 bits per heavy atom. The molecule has 0 unspecified atom stereocenters. The Morgan fingerprint density at radius 2 is 1.00 bits per heavy atom. The van der Waals surface area contributed by atoms with Crippen LogP contribution in [0.15, 0.2) is 30.6 Å². The van der Waals surface area contributed by atoms with Gasteiger partial charge in [0.25, 0.3) is 0 Å². The van der Waals surface area contributed by atoms with Crippen molar-refractivity contribution in [1.29, 1.82) is 0 Å². The molecule has 25 heavy (non-hydrogen) atoms. The van der Waals surface area contributed by atoms with Crippen LogP contribution in [0.5, 0.6) is 0 Å². The molecular weight excluding hydrogens is 440 g/mol. The Balaban J connectivity index is -0.000000509. The third-order valence-electron chi connectivity index (χ3n) is 4.03. The van der Waals surface area contributed by atoms with E-state index in [1.54, 1.807) is 12.4 Å². The highest BCUT2D eigenvalue weighted by molar-refractivity contribution is 8.93. The lowest BCUT2D eigenvalue weighted by Gasteiger charge is -2.08. The molecule has 4 heteroatoms. The van der Waals surface area contributed by atoms with Crippen molar-refractivity contribution in [2.24, 2.45) is 0 Å². The van der Waals surface area contributed by atoms with Crippen LogP contribution in [0, 0.1) is 0 Å². The Kier molecular flexibility index (Phi) is 31.4. The van der Waals surface area contributed by atoms with E-state index in [1.807, 2.05) is 18.2 Å². The fraction of sp³-hybridized carbons (Fsp3) is 0.762. The van der Waals surface area contributed by atoms with Gasteiger partial charge in [-0.3, -0.25) is 4.98 Å². The van der Waals surface area contributed by atoms with Crippen LogP contribution in [0.25, 0.3) is 0 Å². The first-order valence-corrected chi connectivity index (χ1v) is 9.77. The number of nitrogens with zero attached hydrogens (tertiary/aromatic N) is 2.